The smallest absolute Gasteiger partial charge is 0.101 e. The number of allylic oxidation sites excluding steroid dienone is 1. The van der Waals surface area contributed by atoms with E-state index in [1.165, 1.54) is 5.57 Å². The van der Waals surface area contributed by atoms with Crippen LogP contribution in [0.4, 0.5) is 0 Å². The molecule has 1 saturated carbocycles. The number of hydrogen-bond acceptors (Lipinski definition) is 4. The average molecular weight is 296 g/mol. The molecule has 2 saturated heterocycles. The van der Waals surface area contributed by atoms with Crippen molar-refractivity contribution in [3.05, 3.63) is 11.6 Å². The molecule has 0 aromatic heterocycles. The second-order valence-corrected chi connectivity index (χ2v) is 7.15. The first kappa shape index (κ1) is 15.5. The van der Waals surface area contributed by atoms with Crippen LogP contribution in [0.3, 0.4) is 0 Å². The molecular weight excluding hydrogens is 268 g/mol. The van der Waals surface area contributed by atoms with Gasteiger partial charge < -0.3 is 18.9 Å². The molecule has 0 aromatic carbocycles. The summed E-state index contributed by atoms with van der Waals surface area (Å²) in [5.41, 5.74) is 1.15. The Morgan fingerprint density at radius 3 is 2.52 bits per heavy atom. The fourth-order valence-corrected chi connectivity index (χ4v) is 4.20. The van der Waals surface area contributed by atoms with Gasteiger partial charge in [-0.05, 0) is 40.0 Å². The van der Waals surface area contributed by atoms with Crippen LogP contribution in [0.25, 0.3) is 0 Å². The third kappa shape index (κ3) is 2.56. The van der Waals surface area contributed by atoms with E-state index in [4.69, 9.17) is 18.9 Å². The fourth-order valence-electron chi connectivity index (χ4n) is 4.20. The first-order valence-corrected chi connectivity index (χ1v) is 7.97. The van der Waals surface area contributed by atoms with Crippen LogP contribution in [-0.4, -0.2) is 50.3 Å². The largest absolute Gasteiger partial charge is 0.379 e. The van der Waals surface area contributed by atoms with Gasteiger partial charge in [0.05, 0.1) is 36.4 Å². The lowest BCUT2D eigenvalue weighted by Gasteiger charge is -2.42. The summed E-state index contributed by atoms with van der Waals surface area (Å²) in [5.74, 6) is 0.254. The molecule has 2 aliphatic heterocycles. The molecule has 0 unspecified atom stereocenters. The third-order valence-electron chi connectivity index (χ3n) is 5.54. The highest BCUT2D eigenvalue weighted by molar-refractivity contribution is 5.20. The summed E-state index contributed by atoms with van der Waals surface area (Å²) in [4.78, 5) is 0. The Hall–Kier alpha value is -0.420. The van der Waals surface area contributed by atoms with E-state index in [9.17, 15) is 0 Å². The van der Waals surface area contributed by atoms with Gasteiger partial charge in [-0.25, -0.2) is 0 Å². The third-order valence-corrected chi connectivity index (χ3v) is 5.54. The van der Waals surface area contributed by atoms with Crippen molar-refractivity contribution < 1.29 is 18.9 Å². The predicted molar refractivity (Wildman–Crippen MR) is 80.3 cm³/mol. The van der Waals surface area contributed by atoms with Crippen LogP contribution in [0.5, 0.6) is 0 Å². The summed E-state index contributed by atoms with van der Waals surface area (Å²) in [5, 5.41) is 0. The van der Waals surface area contributed by atoms with E-state index in [0.717, 1.165) is 25.9 Å². The van der Waals surface area contributed by atoms with Gasteiger partial charge >= 0.3 is 0 Å². The standard InChI is InChI=1S/C17H28O4/c1-11(2)6-7-13-16(3,21-13)15-14(19-5)12(18-4)8-9-17(15)10-20-17/h6,12-15H,7-10H2,1-5H3/t12-,13-,14-,15-,16+,17+/m1/s1. The van der Waals surface area contributed by atoms with Crippen molar-refractivity contribution in [2.45, 2.75) is 69.5 Å². The zero-order chi connectivity index (χ0) is 15.3. The van der Waals surface area contributed by atoms with E-state index in [1.54, 1.807) is 14.2 Å². The maximum Gasteiger partial charge on any atom is 0.101 e. The van der Waals surface area contributed by atoms with E-state index in [2.05, 4.69) is 26.8 Å². The molecule has 0 bridgehead atoms. The quantitative estimate of drug-likeness (QED) is 0.578. The lowest BCUT2D eigenvalue weighted by atomic mass is 9.68. The van der Waals surface area contributed by atoms with Gasteiger partial charge in [0, 0.05) is 14.2 Å². The van der Waals surface area contributed by atoms with Crippen molar-refractivity contribution in [2.24, 2.45) is 5.92 Å². The Morgan fingerprint density at radius 1 is 1.29 bits per heavy atom. The summed E-state index contributed by atoms with van der Waals surface area (Å²) < 4.78 is 23.5. The maximum absolute atomic E-state index is 6.13. The van der Waals surface area contributed by atoms with Gasteiger partial charge in [-0.15, -0.1) is 0 Å². The van der Waals surface area contributed by atoms with E-state index in [0.29, 0.717) is 0 Å². The van der Waals surface area contributed by atoms with E-state index >= 15 is 0 Å². The monoisotopic (exact) mass is 296 g/mol. The van der Waals surface area contributed by atoms with Crippen LogP contribution in [0.2, 0.25) is 0 Å². The Balaban J connectivity index is 1.79. The highest BCUT2D eigenvalue weighted by Gasteiger charge is 2.71. The van der Waals surface area contributed by atoms with Crippen molar-refractivity contribution >= 4 is 0 Å². The van der Waals surface area contributed by atoms with Gasteiger partial charge in [-0.3, -0.25) is 0 Å². The van der Waals surface area contributed by atoms with Crippen LogP contribution in [0.15, 0.2) is 11.6 Å². The Bertz CT molecular complexity index is 425. The first-order valence-electron chi connectivity index (χ1n) is 7.97. The van der Waals surface area contributed by atoms with Crippen molar-refractivity contribution in [1.82, 2.24) is 0 Å². The molecular formula is C17H28O4. The van der Waals surface area contributed by atoms with Crippen molar-refractivity contribution in [3.63, 3.8) is 0 Å². The Kier molecular flexibility index (Phi) is 3.93. The summed E-state index contributed by atoms with van der Waals surface area (Å²) in [7, 11) is 3.55. The molecule has 3 fully saturated rings. The average Bonchev–Trinajstić information content (AvgIpc) is 3.35. The van der Waals surface area contributed by atoms with Crippen LogP contribution >= 0.6 is 0 Å². The molecule has 4 nitrogen and oxygen atoms in total. The van der Waals surface area contributed by atoms with Gasteiger partial charge in [0.25, 0.3) is 0 Å². The second kappa shape index (κ2) is 5.34. The van der Waals surface area contributed by atoms with Gasteiger partial charge in [-0.2, -0.15) is 0 Å². The van der Waals surface area contributed by atoms with Crippen LogP contribution < -0.4 is 0 Å². The Morgan fingerprint density at radius 2 is 2.00 bits per heavy atom. The molecule has 0 N–H and O–H groups in total. The SMILES string of the molecule is CO[C@@H]1[C@H](OC)CC[C@]2(CO2)[C@H]1[C@@]1(C)O[C@@H]1CC=C(C)C. The lowest BCUT2D eigenvalue weighted by molar-refractivity contribution is -0.128. The highest BCUT2D eigenvalue weighted by atomic mass is 16.6. The zero-order valence-electron chi connectivity index (χ0n) is 13.8. The van der Waals surface area contributed by atoms with Crippen molar-refractivity contribution in [2.75, 3.05) is 20.8 Å². The molecule has 2 heterocycles. The summed E-state index contributed by atoms with van der Waals surface area (Å²) in [6.45, 7) is 7.31. The number of epoxide rings is 2. The molecule has 120 valence electrons. The normalized spacial score (nSPS) is 48.2. The number of rotatable bonds is 5. The van der Waals surface area contributed by atoms with Crippen LogP contribution in [0.1, 0.15) is 40.0 Å². The summed E-state index contributed by atoms with van der Waals surface area (Å²) in [6, 6.07) is 0. The van der Waals surface area contributed by atoms with Gasteiger partial charge in [0.1, 0.15) is 5.60 Å². The predicted octanol–water partition coefficient (Wildman–Crippen LogP) is 2.71. The molecule has 1 aliphatic carbocycles. The van der Waals surface area contributed by atoms with E-state index in [-0.39, 0.29) is 35.4 Å². The van der Waals surface area contributed by atoms with Crippen LogP contribution in [0, 0.1) is 5.92 Å². The number of ether oxygens (including phenoxy) is 4. The molecule has 0 radical (unpaired) electrons. The maximum atomic E-state index is 6.13. The molecule has 6 atom stereocenters. The van der Waals surface area contributed by atoms with Crippen molar-refractivity contribution in [3.8, 4) is 0 Å². The highest BCUT2D eigenvalue weighted by Crippen LogP contribution is 2.59. The first-order chi connectivity index (χ1) is 9.97. The number of methoxy groups -OCH3 is 2. The minimum atomic E-state index is -0.152. The summed E-state index contributed by atoms with van der Waals surface area (Å²) >= 11 is 0. The van der Waals surface area contributed by atoms with Gasteiger partial charge in [-0.1, -0.05) is 11.6 Å². The molecule has 0 amide bonds. The minimum absolute atomic E-state index is 0.0375. The van der Waals surface area contributed by atoms with E-state index < -0.39 is 0 Å². The fraction of sp³-hybridized carbons (Fsp3) is 0.882. The molecule has 1 spiro atoms. The van der Waals surface area contributed by atoms with Crippen LogP contribution in [-0.2, 0) is 18.9 Å². The topological polar surface area (TPSA) is 43.5 Å². The summed E-state index contributed by atoms with van der Waals surface area (Å²) in [6.07, 6.45) is 5.73. The Labute approximate surface area is 127 Å². The van der Waals surface area contributed by atoms with Gasteiger partial charge in [0.2, 0.25) is 0 Å². The second-order valence-electron chi connectivity index (χ2n) is 7.15. The molecule has 3 aliphatic rings. The zero-order valence-corrected chi connectivity index (χ0v) is 13.8. The van der Waals surface area contributed by atoms with E-state index in [1.807, 2.05) is 0 Å². The molecule has 21 heavy (non-hydrogen) atoms. The number of hydrogen-bond donors (Lipinski definition) is 0. The molecule has 3 rings (SSSR count). The molecule has 0 aromatic rings. The lowest BCUT2D eigenvalue weighted by Crippen LogP contribution is -2.55. The van der Waals surface area contributed by atoms with Gasteiger partial charge in [0.15, 0.2) is 0 Å². The van der Waals surface area contributed by atoms with Crippen molar-refractivity contribution in [1.29, 1.82) is 0 Å². The minimum Gasteiger partial charge on any atom is -0.379 e. The molecule has 4 heteroatoms.